The monoisotopic (exact) mass is 345 g/mol. The van der Waals surface area contributed by atoms with Crippen LogP contribution in [0.5, 0.6) is 5.75 Å². The van der Waals surface area contributed by atoms with Gasteiger partial charge in [0.15, 0.2) is 0 Å². The van der Waals surface area contributed by atoms with Gasteiger partial charge in [-0.25, -0.2) is 4.79 Å². The first-order valence-corrected chi connectivity index (χ1v) is 7.85. The molecule has 1 heterocycles. The van der Waals surface area contributed by atoms with E-state index in [4.69, 9.17) is 4.74 Å². The Morgan fingerprint density at radius 2 is 2.04 bits per heavy atom. The molecule has 5 nitrogen and oxygen atoms in total. The first-order valence-electron chi connectivity index (χ1n) is 7.85. The highest BCUT2D eigenvalue weighted by Gasteiger charge is 2.34. The van der Waals surface area contributed by atoms with Crippen molar-refractivity contribution < 1.29 is 22.7 Å². The number of amides is 2. The summed E-state index contributed by atoms with van der Waals surface area (Å²) in [6, 6.07) is 6.92. The number of halogens is 3. The molecule has 0 aliphatic carbocycles. The lowest BCUT2D eigenvalue weighted by atomic mass is 10.2. The number of benzene rings is 1. The summed E-state index contributed by atoms with van der Waals surface area (Å²) in [7, 11) is 0. The van der Waals surface area contributed by atoms with Crippen LogP contribution in [0, 0.1) is 6.92 Å². The number of alkyl halides is 3. The Balaban J connectivity index is 1.59. The highest BCUT2D eigenvalue weighted by Crippen LogP contribution is 2.19. The molecule has 1 aromatic carbocycles. The van der Waals surface area contributed by atoms with Gasteiger partial charge in [-0.05, 0) is 25.5 Å². The van der Waals surface area contributed by atoms with Crippen LogP contribution in [0.15, 0.2) is 24.3 Å². The maximum absolute atomic E-state index is 12.3. The van der Waals surface area contributed by atoms with E-state index in [0.717, 1.165) is 11.3 Å². The maximum Gasteiger partial charge on any atom is 0.401 e. The van der Waals surface area contributed by atoms with Gasteiger partial charge in [0.25, 0.3) is 0 Å². The van der Waals surface area contributed by atoms with Crippen molar-refractivity contribution in [3.8, 4) is 5.75 Å². The molecule has 2 rings (SSSR count). The molecule has 0 saturated carbocycles. The Labute approximate surface area is 139 Å². The van der Waals surface area contributed by atoms with Gasteiger partial charge in [-0.3, -0.25) is 4.90 Å². The molecular weight excluding hydrogens is 323 g/mol. The molecule has 1 aliphatic heterocycles. The number of aryl methyl sites for hydroxylation is 1. The molecule has 8 heteroatoms. The largest absolute Gasteiger partial charge is 0.492 e. The van der Waals surface area contributed by atoms with E-state index in [1.54, 1.807) is 0 Å². The molecule has 0 unspecified atom stereocenters. The smallest absolute Gasteiger partial charge is 0.401 e. The summed E-state index contributed by atoms with van der Waals surface area (Å²) in [5.74, 6) is 0.724. The third-order valence-corrected chi connectivity index (χ3v) is 3.69. The van der Waals surface area contributed by atoms with Crippen LogP contribution < -0.4 is 15.4 Å². The van der Waals surface area contributed by atoms with Crippen LogP contribution in [-0.4, -0.2) is 55.9 Å². The van der Waals surface area contributed by atoms with Gasteiger partial charge in [0.05, 0.1) is 13.1 Å². The topological polar surface area (TPSA) is 53.6 Å². The molecule has 1 aliphatic rings. The van der Waals surface area contributed by atoms with Crippen molar-refractivity contribution in [2.45, 2.75) is 25.6 Å². The summed E-state index contributed by atoms with van der Waals surface area (Å²) < 4.78 is 42.4. The van der Waals surface area contributed by atoms with Crippen molar-refractivity contribution >= 4 is 6.03 Å². The van der Waals surface area contributed by atoms with Crippen LogP contribution in [0.2, 0.25) is 0 Å². The molecule has 0 aromatic heterocycles. The molecule has 2 amide bonds. The number of carbonyl (C=O) groups is 1. The second-order valence-electron chi connectivity index (χ2n) is 5.90. The second-order valence-corrected chi connectivity index (χ2v) is 5.90. The molecule has 1 atom stereocenters. The van der Waals surface area contributed by atoms with E-state index in [9.17, 15) is 18.0 Å². The fourth-order valence-electron chi connectivity index (χ4n) is 2.55. The molecule has 134 valence electrons. The first kappa shape index (κ1) is 18.4. The average molecular weight is 345 g/mol. The van der Waals surface area contributed by atoms with Crippen molar-refractivity contribution in [2.24, 2.45) is 0 Å². The zero-order chi connectivity index (χ0) is 17.6. The zero-order valence-electron chi connectivity index (χ0n) is 13.5. The average Bonchev–Trinajstić information content (AvgIpc) is 2.90. The highest BCUT2D eigenvalue weighted by atomic mass is 19.4. The first-order chi connectivity index (χ1) is 11.3. The van der Waals surface area contributed by atoms with E-state index in [0.29, 0.717) is 26.1 Å². The number of rotatable bonds is 6. The number of nitrogens with zero attached hydrogens (tertiary/aromatic N) is 1. The number of urea groups is 1. The van der Waals surface area contributed by atoms with Crippen LogP contribution in [0.25, 0.3) is 0 Å². The summed E-state index contributed by atoms with van der Waals surface area (Å²) in [6.45, 7) is 2.24. The molecule has 0 spiro atoms. The van der Waals surface area contributed by atoms with Gasteiger partial charge < -0.3 is 15.4 Å². The number of hydrogen-bond donors (Lipinski definition) is 2. The van der Waals surface area contributed by atoms with Crippen LogP contribution in [0.1, 0.15) is 12.0 Å². The number of hydrogen-bond acceptors (Lipinski definition) is 3. The molecule has 0 radical (unpaired) electrons. The number of nitrogens with one attached hydrogen (secondary N) is 2. The van der Waals surface area contributed by atoms with Crippen LogP contribution in [0.3, 0.4) is 0 Å². The number of ether oxygens (including phenoxy) is 1. The standard InChI is InChI=1S/C16H22F3N3O2/c1-12-2-4-14(5-3-12)24-9-7-20-15(23)21-13-6-8-22(10-13)11-16(17,18)19/h2-5,13H,6-11H2,1H3,(H2,20,21,23)/t13-/m1/s1. The van der Waals surface area contributed by atoms with Crippen LogP contribution in [-0.2, 0) is 0 Å². The van der Waals surface area contributed by atoms with Crippen molar-refractivity contribution in [2.75, 3.05) is 32.8 Å². The molecule has 1 aromatic rings. The van der Waals surface area contributed by atoms with Crippen molar-refractivity contribution in [3.63, 3.8) is 0 Å². The Bertz CT molecular complexity index is 534. The van der Waals surface area contributed by atoms with Gasteiger partial charge in [0.1, 0.15) is 12.4 Å². The predicted octanol–water partition coefficient (Wildman–Crippen LogP) is 2.31. The molecule has 0 bridgehead atoms. The summed E-state index contributed by atoms with van der Waals surface area (Å²) in [5, 5.41) is 5.32. The normalized spacial score (nSPS) is 18.4. The van der Waals surface area contributed by atoms with E-state index >= 15 is 0 Å². The van der Waals surface area contributed by atoms with Crippen molar-refractivity contribution in [1.82, 2.24) is 15.5 Å². The fraction of sp³-hybridized carbons (Fsp3) is 0.562. The van der Waals surface area contributed by atoms with E-state index in [1.165, 1.54) is 4.90 Å². The van der Waals surface area contributed by atoms with E-state index in [2.05, 4.69) is 10.6 Å². The molecule has 2 N–H and O–H groups in total. The van der Waals surface area contributed by atoms with Gasteiger partial charge in [0, 0.05) is 19.1 Å². The fourth-order valence-corrected chi connectivity index (χ4v) is 2.55. The molecule has 1 fully saturated rings. The zero-order valence-corrected chi connectivity index (χ0v) is 13.5. The van der Waals surface area contributed by atoms with Crippen molar-refractivity contribution in [1.29, 1.82) is 0 Å². The maximum atomic E-state index is 12.3. The molecular formula is C16H22F3N3O2. The second kappa shape index (κ2) is 8.23. The Morgan fingerprint density at radius 1 is 1.33 bits per heavy atom. The predicted molar refractivity (Wildman–Crippen MR) is 84.1 cm³/mol. The lowest BCUT2D eigenvalue weighted by molar-refractivity contribution is -0.143. The lowest BCUT2D eigenvalue weighted by Crippen LogP contribution is -2.45. The third kappa shape index (κ3) is 6.66. The van der Waals surface area contributed by atoms with E-state index in [-0.39, 0.29) is 18.6 Å². The molecule has 24 heavy (non-hydrogen) atoms. The minimum absolute atomic E-state index is 0.215. The van der Waals surface area contributed by atoms with Gasteiger partial charge in [0.2, 0.25) is 0 Å². The quantitative estimate of drug-likeness (QED) is 0.778. The van der Waals surface area contributed by atoms with Crippen LogP contribution >= 0.6 is 0 Å². The Morgan fingerprint density at radius 3 is 2.71 bits per heavy atom. The number of likely N-dealkylation sites (tertiary alicyclic amines) is 1. The van der Waals surface area contributed by atoms with Crippen molar-refractivity contribution in [3.05, 3.63) is 29.8 Å². The van der Waals surface area contributed by atoms with Gasteiger partial charge in [-0.1, -0.05) is 17.7 Å². The van der Waals surface area contributed by atoms with E-state index < -0.39 is 12.7 Å². The molecule has 1 saturated heterocycles. The summed E-state index contributed by atoms with van der Waals surface area (Å²) in [5.41, 5.74) is 1.14. The van der Waals surface area contributed by atoms with E-state index in [1.807, 2.05) is 31.2 Å². The summed E-state index contributed by atoms with van der Waals surface area (Å²) >= 11 is 0. The minimum Gasteiger partial charge on any atom is -0.492 e. The van der Waals surface area contributed by atoms with Gasteiger partial charge >= 0.3 is 12.2 Å². The Hall–Kier alpha value is -1.96. The summed E-state index contributed by atoms with van der Waals surface area (Å²) in [6.07, 6.45) is -3.69. The highest BCUT2D eigenvalue weighted by molar-refractivity contribution is 5.74. The van der Waals surface area contributed by atoms with Gasteiger partial charge in [-0.2, -0.15) is 13.2 Å². The lowest BCUT2D eigenvalue weighted by Gasteiger charge is -2.18. The number of carbonyl (C=O) groups excluding carboxylic acids is 1. The summed E-state index contributed by atoms with van der Waals surface area (Å²) in [4.78, 5) is 13.0. The SMILES string of the molecule is Cc1ccc(OCCNC(=O)N[C@@H]2CCN(CC(F)(F)F)C2)cc1. The van der Waals surface area contributed by atoms with Crippen LogP contribution in [0.4, 0.5) is 18.0 Å². The van der Waals surface area contributed by atoms with Gasteiger partial charge in [-0.15, -0.1) is 0 Å². The Kier molecular flexibility index (Phi) is 6.30. The minimum atomic E-state index is -4.20. The third-order valence-electron chi connectivity index (χ3n) is 3.69.